The van der Waals surface area contributed by atoms with Gasteiger partial charge in [-0.25, -0.2) is 4.39 Å². The van der Waals surface area contributed by atoms with Crippen LogP contribution < -0.4 is 10.2 Å². The number of benzene rings is 1. The molecule has 1 aliphatic rings. The van der Waals surface area contributed by atoms with Crippen molar-refractivity contribution in [1.82, 2.24) is 5.32 Å². The lowest BCUT2D eigenvalue weighted by molar-refractivity contribution is -0.143. The molecule has 0 saturated carbocycles. The molecular weight excluding hydrogens is 247 g/mol. The first-order chi connectivity index (χ1) is 9.15. The fourth-order valence-corrected chi connectivity index (χ4v) is 2.46. The molecule has 2 rings (SSSR count). The van der Waals surface area contributed by atoms with Gasteiger partial charge in [-0.1, -0.05) is 6.07 Å². The van der Waals surface area contributed by atoms with Crippen molar-refractivity contribution >= 4 is 11.7 Å². The number of carbonyl (C=O) groups is 1. The van der Waals surface area contributed by atoms with Gasteiger partial charge in [0.1, 0.15) is 11.9 Å². The molecule has 0 radical (unpaired) electrons. The summed E-state index contributed by atoms with van der Waals surface area (Å²) in [6.45, 7) is 1.58. The van der Waals surface area contributed by atoms with E-state index in [1.807, 2.05) is 6.07 Å². The summed E-state index contributed by atoms with van der Waals surface area (Å²) in [6.07, 6.45) is 1.57. The van der Waals surface area contributed by atoms with Crippen molar-refractivity contribution in [3.05, 3.63) is 29.6 Å². The molecule has 0 bridgehead atoms. The Morgan fingerprint density at radius 2 is 2.37 bits per heavy atom. The normalized spacial score (nSPS) is 15.2. The molecule has 0 fully saturated rings. The average Bonchev–Trinajstić information content (AvgIpc) is 2.81. The second-order valence-corrected chi connectivity index (χ2v) is 4.66. The molecule has 104 valence electrons. The first-order valence-corrected chi connectivity index (χ1v) is 6.44. The van der Waals surface area contributed by atoms with Crippen LogP contribution in [-0.4, -0.2) is 39.3 Å². The van der Waals surface area contributed by atoms with E-state index in [9.17, 15) is 9.18 Å². The molecule has 1 N–H and O–H groups in total. The van der Waals surface area contributed by atoms with Gasteiger partial charge in [-0.05, 0) is 37.6 Å². The Bertz CT molecular complexity index is 465. The molecular formula is C14H19FN2O2. The molecule has 1 unspecified atom stereocenters. The first-order valence-electron chi connectivity index (χ1n) is 6.44. The zero-order chi connectivity index (χ0) is 13.8. The van der Waals surface area contributed by atoms with Crippen LogP contribution in [0.2, 0.25) is 0 Å². The Hall–Kier alpha value is -1.62. The lowest BCUT2D eigenvalue weighted by atomic mass is 10.1. The zero-order valence-corrected chi connectivity index (χ0v) is 11.3. The smallest absolute Gasteiger partial charge is 0.322 e. The number of esters is 1. The molecule has 1 heterocycles. The Morgan fingerprint density at radius 1 is 1.58 bits per heavy atom. The van der Waals surface area contributed by atoms with Crippen molar-refractivity contribution in [1.29, 1.82) is 0 Å². The minimum atomic E-state index is -0.317. The highest BCUT2D eigenvalue weighted by atomic mass is 19.1. The van der Waals surface area contributed by atoms with E-state index in [2.05, 4.69) is 10.2 Å². The van der Waals surface area contributed by atoms with Crippen molar-refractivity contribution in [3.63, 3.8) is 0 Å². The van der Waals surface area contributed by atoms with Gasteiger partial charge < -0.3 is 15.0 Å². The van der Waals surface area contributed by atoms with Crippen molar-refractivity contribution in [2.45, 2.75) is 18.9 Å². The number of carbonyl (C=O) groups excluding carboxylic acids is 1. The van der Waals surface area contributed by atoms with Gasteiger partial charge in [0.25, 0.3) is 0 Å². The zero-order valence-electron chi connectivity index (χ0n) is 11.3. The van der Waals surface area contributed by atoms with Gasteiger partial charge in [-0.15, -0.1) is 0 Å². The number of fused-ring (bicyclic) bond motifs is 1. The topological polar surface area (TPSA) is 41.6 Å². The molecule has 19 heavy (non-hydrogen) atoms. The fraction of sp³-hybridized carbons (Fsp3) is 0.500. The molecule has 5 heteroatoms. The molecule has 0 saturated heterocycles. The van der Waals surface area contributed by atoms with Crippen LogP contribution in [0.5, 0.6) is 0 Å². The summed E-state index contributed by atoms with van der Waals surface area (Å²) in [4.78, 5) is 13.6. The number of ether oxygens (including phenoxy) is 1. The Labute approximate surface area is 112 Å². The van der Waals surface area contributed by atoms with E-state index in [0.29, 0.717) is 13.0 Å². The standard InChI is InChI=1S/C14H19FN2O2/c1-16-12(14(18)19-2)6-8-17-7-5-10-3-4-11(15)9-13(10)17/h3-4,9,12,16H,5-8H2,1-2H3. The molecule has 1 aromatic carbocycles. The average molecular weight is 266 g/mol. The van der Waals surface area contributed by atoms with Crippen LogP contribution >= 0.6 is 0 Å². The Kier molecular flexibility index (Phi) is 4.37. The minimum Gasteiger partial charge on any atom is -0.468 e. The SMILES string of the molecule is CNC(CCN1CCc2ccc(F)cc21)C(=O)OC. The van der Waals surface area contributed by atoms with Crippen molar-refractivity contribution in [2.24, 2.45) is 0 Å². The van der Waals surface area contributed by atoms with Crippen LogP contribution in [-0.2, 0) is 16.0 Å². The minimum absolute atomic E-state index is 0.219. The van der Waals surface area contributed by atoms with Crippen molar-refractivity contribution < 1.29 is 13.9 Å². The number of rotatable bonds is 5. The Balaban J connectivity index is 1.99. The lowest BCUT2D eigenvalue weighted by Crippen LogP contribution is -2.38. The Morgan fingerprint density at radius 3 is 3.05 bits per heavy atom. The van der Waals surface area contributed by atoms with Crippen LogP contribution in [0.4, 0.5) is 10.1 Å². The third kappa shape index (κ3) is 3.04. The number of methoxy groups -OCH3 is 1. The molecule has 1 aliphatic heterocycles. The van der Waals surface area contributed by atoms with Crippen LogP contribution in [0.3, 0.4) is 0 Å². The summed E-state index contributed by atoms with van der Waals surface area (Å²) in [5, 5.41) is 2.94. The molecule has 0 amide bonds. The molecule has 0 aliphatic carbocycles. The van der Waals surface area contributed by atoms with Crippen LogP contribution in [0, 0.1) is 5.82 Å². The van der Waals surface area contributed by atoms with E-state index in [1.165, 1.54) is 18.7 Å². The van der Waals surface area contributed by atoms with Crippen LogP contribution in [0.1, 0.15) is 12.0 Å². The fourth-order valence-electron chi connectivity index (χ4n) is 2.46. The highest BCUT2D eigenvalue weighted by Gasteiger charge is 2.22. The lowest BCUT2D eigenvalue weighted by Gasteiger charge is -2.22. The van der Waals surface area contributed by atoms with Crippen LogP contribution in [0.15, 0.2) is 18.2 Å². The second kappa shape index (κ2) is 6.02. The number of nitrogens with zero attached hydrogens (tertiary/aromatic N) is 1. The third-order valence-corrected chi connectivity index (χ3v) is 3.56. The quantitative estimate of drug-likeness (QED) is 0.817. The van der Waals surface area contributed by atoms with Crippen molar-refractivity contribution in [2.75, 3.05) is 32.1 Å². The van der Waals surface area contributed by atoms with E-state index >= 15 is 0 Å². The number of anilines is 1. The van der Waals surface area contributed by atoms with Crippen LogP contribution in [0.25, 0.3) is 0 Å². The van der Waals surface area contributed by atoms with Gasteiger partial charge in [0.2, 0.25) is 0 Å². The number of hydrogen-bond donors (Lipinski definition) is 1. The van der Waals surface area contributed by atoms with Gasteiger partial charge in [0.05, 0.1) is 7.11 Å². The predicted molar refractivity (Wildman–Crippen MR) is 71.8 cm³/mol. The predicted octanol–water partition coefficient (Wildman–Crippen LogP) is 1.34. The molecule has 0 spiro atoms. The van der Waals surface area contributed by atoms with Crippen molar-refractivity contribution in [3.8, 4) is 0 Å². The van der Waals surface area contributed by atoms with Gasteiger partial charge in [-0.2, -0.15) is 0 Å². The summed E-state index contributed by atoms with van der Waals surface area (Å²) < 4.78 is 18.0. The molecule has 4 nitrogen and oxygen atoms in total. The maximum absolute atomic E-state index is 13.3. The summed E-state index contributed by atoms with van der Waals surface area (Å²) in [6, 6.07) is 4.57. The van der Waals surface area contributed by atoms with E-state index in [-0.39, 0.29) is 17.8 Å². The maximum Gasteiger partial charge on any atom is 0.322 e. The van der Waals surface area contributed by atoms with Gasteiger partial charge >= 0.3 is 5.97 Å². The van der Waals surface area contributed by atoms with Gasteiger partial charge in [0, 0.05) is 18.8 Å². The van der Waals surface area contributed by atoms with Gasteiger partial charge in [0.15, 0.2) is 0 Å². The van der Waals surface area contributed by atoms with E-state index in [0.717, 1.165) is 18.7 Å². The molecule has 1 aromatic rings. The van der Waals surface area contributed by atoms with E-state index < -0.39 is 0 Å². The number of halogens is 1. The number of nitrogens with one attached hydrogen (secondary N) is 1. The third-order valence-electron chi connectivity index (χ3n) is 3.56. The highest BCUT2D eigenvalue weighted by molar-refractivity contribution is 5.75. The maximum atomic E-state index is 13.3. The second-order valence-electron chi connectivity index (χ2n) is 4.66. The highest BCUT2D eigenvalue weighted by Crippen LogP contribution is 2.28. The summed E-state index contributed by atoms with van der Waals surface area (Å²) in [5.41, 5.74) is 2.11. The largest absolute Gasteiger partial charge is 0.468 e. The molecule has 1 atom stereocenters. The number of hydrogen-bond acceptors (Lipinski definition) is 4. The summed E-state index contributed by atoms with van der Waals surface area (Å²) in [7, 11) is 3.12. The summed E-state index contributed by atoms with van der Waals surface area (Å²) >= 11 is 0. The monoisotopic (exact) mass is 266 g/mol. The number of likely N-dealkylation sites (N-methyl/N-ethyl adjacent to an activating group) is 1. The van der Waals surface area contributed by atoms with E-state index in [1.54, 1.807) is 13.1 Å². The molecule has 0 aromatic heterocycles. The van der Waals surface area contributed by atoms with Gasteiger partial charge in [-0.3, -0.25) is 4.79 Å². The first kappa shape index (κ1) is 13.8. The summed E-state index contributed by atoms with van der Waals surface area (Å²) in [5.74, 6) is -0.482. The van der Waals surface area contributed by atoms with E-state index in [4.69, 9.17) is 4.74 Å².